The monoisotopic (exact) mass is 285 g/mol. The van der Waals surface area contributed by atoms with Crippen LogP contribution in [0.15, 0.2) is 18.2 Å². The van der Waals surface area contributed by atoms with E-state index in [0.29, 0.717) is 11.8 Å². The lowest BCUT2D eigenvalue weighted by Gasteiger charge is -2.55. The number of phenolic OH excluding ortho intramolecular Hbond substituents is 1. The Bertz CT molecular complexity index is 550. The van der Waals surface area contributed by atoms with Crippen molar-refractivity contribution < 1.29 is 5.11 Å². The maximum atomic E-state index is 9.93. The minimum atomic E-state index is 0.256. The van der Waals surface area contributed by atoms with Crippen molar-refractivity contribution in [1.82, 2.24) is 4.90 Å². The van der Waals surface area contributed by atoms with Crippen LogP contribution in [-0.2, 0) is 11.8 Å². The van der Waals surface area contributed by atoms with Gasteiger partial charge in [-0.1, -0.05) is 26.3 Å². The Morgan fingerprint density at radius 2 is 2.14 bits per heavy atom. The van der Waals surface area contributed by atoms with Crippen LogP contribution in [0.1, 0.15) is 50.7 Å². The molecule has 2 fully saturated rings. The Hall–Kier alpha value is -1.02. The number of phenols is 1. The van der Waals surface area contributed by atoms with Crippen molar-refractivity contribution in [3.8, 4) is 5.75 Å². The summed E-state index contributed by atoms with van der Waals surface area (Å²) in [5.74, 6) is 2.15. The third kappa shape index (κ3) is 2.11. The summed E-state index contributed by atoms with van der Waals surface area (Å²) in [5, 5.41) is 9.93. The van der Waals surface area contributed by atoms with Gasteiger partial charge in [0.1, 0.15) is 5.75 Å². The van der Waals surface area contributed by atoms with Gasteiger partial charge in [0.25, 0.3) is 0 Å². The summed E-state index contributed by atoms with van der Waals surface area (Å²) in [4.78, 5) is 2.80. The lowest BCUT2D eigenvalue weighted by Crippen LogP contribution is -2.59. The molecule has 0 amide bonds. The first-order chi connectivity index (χ1) is 10.1. The maximum absolute atomic E-state index is 9.93. The van der Waals surface area contributed by atoms with Gasteiger partial charge in [-0.05, 0) is 72.7 Å². The van der Waals surface area contributed by atoms with Crippen molar-refractivity contribution in [1.29, 1.82) is 0 Å². The van der Waals surface area contributed by atoms with Crippen LogP contribution in [0.25, 0.3) is 0 Å². The molecule has 1 N–H and O–H groups in total. The maximum Gasteiger partial charge on any atom is 0.115 e. The number of nitrogens with zero attached hydrogens (tertiary/aromatic N) is 1. The highest BCUT2D eigenvalue weighted by molar-refractivity contribution is 5.44. The molecule has 3 aliphatic rings. The topological polar surface area (TPSA) is 23.5 Å². The SMILES string of the molecule is CC[C@H]1[C@H]2Cc3ccc(O)cc3[C@@]1(C)CCN2CC1CC1. The van der Waals surface area contributed by atoms with Crippen molar-refractivity contribution >= 4 is 0 Å². The molecule has 114 valence electrons. The fourth-order valence-corrected chi connectivity index (χ4v) is 5.09. The van der Waals surface area contributed by atoms with Crippen molar-refractivity contribution in [2.75, 3.05) is 13.1 Å². The largest absolute Gasteiger partial charge is 0.508 e. The van der Waals surface area contributed by atoms with Gasteiger partial charge in [-0.15, -0.1) is 0 Å². The van der Waals surface area contributed by atoms with E-state index in [2.05, 4.69) is 24.8 Å². The predicted molar refractivity (Wildman–Crippen MR) is 85.6 cm³/mol. The van der Waals surface area contributed by atoms with Gasteiger partial charge >= 0.3 is 0 Å². The molecule has 2 heteroatoms. The highest BCUT2D eigenvalue weighted by atomic mass is 16.3. The predicted octanol–water partition coefficient (Wildman–Crippen LogP) is 3.72. The summed E-state index contributed by atoms with van der Waals surface area (Å²) in [6.45, 7) is 7.36. The van der Waals surface area contributed by atoms with E-state index in [0.717, 1.165) is 11.8 Å². The second-order valence-electron chi connectivity index (χ2n) is 7.73. The fraction of sp³-hybridized carbons (Fsp3) is 0.684. The van der Waals surface area contributed by atoms with E-state index in [1.807, 2.05) is 12.1 Å². The van der Waals surface area contributed by atoms with Crippen molar-refractivity contribution in [3.63, 3.8) is 0 Å². The van der Waals surface area contributed by atoms with Crippen LogP contribution in [-0.4, -0.2) is 29.1 Å². The molecule has 1 aromatic rings. The number of hydrogen-bond acceptors (Lipinski definition) is 2. The van der Waals surface area contributed by atoms with E-state index in [1.165, 1.54) is 56.3 Å². The van der Waals surface area contributed by atoms with E-state index >= 15 is 0 Å². The molecule has 0 unspecified atom stereocenters. The van der Waals surface area contributed by atoms with Crippen molar-refractivity contribution in [2.24, 2.45) is 11.8 Å². The Kier molecular flexibility index (Phi) is 3.08. The average molecular weight is 285 g/mol. The second-order valence-corrected chi connectivity index (χ2v) is 7.73. The normalized spacial score (nSPS) is 35.5. The molecule has 2 aliphatic carbocycles. The molecule has 0 radical (unpaired) electrons. The Balaban J connectivity index is 1.73. The summed E-state index contributed by atoms with van der Waals surface area (Å²) in [7, 11) is 0. The summed E-state index contributed by atoms with van der Waals surface area (Å²) < 4.78 is 0. The van der Waals surface area contributed by atoms with Crippen molar-refractivity contribution in [3.05, 3.63) is 29.3 Å². The molecule has 1 saturated carbocycles. The Morgan fingerprint density at radius 3 is 2.86 bits per heavy atom. The van der Waals surface area contributed by atoms with Gasteiger partial charge in [0, 0.05) is 12.6 Å². The van der Waals surface area contributed by atoms with Crippen LogP contribution in [0.2, 0.25) is 0 Å². The van der Waals surface area contributed by atoms with Gasteiger partial charge in [-0.2, -0.15) is 0 Å². The molecule has 1 aliphatic heterocycles. The third-order valence-electron chi connectivity index (χ3n) is 6.44. The molecular formula is C19H27NO. The zero-order valence-electron chi connectivity index (χ0n) is 13.3. The fourth-order valence-electron chi connectivity index (χ4n) is 5.09. The number of likely N-dealkylation sites (tertiary alicyclic amines) is 1. The molecule has 2 bridgehead atoms. The van der Waals surface area contributed by atoms with Crippen LogP contribution in [0.5, 0.6) is 5.75 Å². The van der Waals surface area contributed by atoms with Crippen molar-refractivity contribution in [2.45, 2.75) is 57.4 Å². The number of fused-ring (bicyclic) bond motifs is 4. The Labute approximate surface area is 128 Å². The van der Waals surface area contributed by atoms with E-state index in [1.54, 1.807) is 0 Å². The number of benzene rings is 1. The lowest BCUT2D eigenvalue weighted by atomic mass is 9.57. The first kappa shape index (κ1) is 13.6. The number of piperidine rings is 1. The molecule has 4 rings (SSSR count). The molecule has 0 aromatic heterocycles. The molecule has 1 saturated heterocycles. The van der Waals surface area contributed by atoms with E-state index in [-0.39, 0.29) is 5.41 Å². The minimum absolute atomic E-state index is 0.256. The van der Waals surface area contributed by atoms with Crippen LogP contribution in [0.4, 0.5) is 0 Å². The summed E-state index contributed by atoms with van der Waals surface area (Å²) >= 11 is 0. The molecular weight excluding hydrogens is 258 g/mol. The number of rotatable bonds is 3. The van der Waals surface area contributed by atoms with Gasteiger partial charge in [-0.3, -0.25) is 4.90 Å². The quantitative estimate of drug-likeness (QED) is 0.915. The van der Waals surface area contributed by atoms with Crippen LogP contribution < -0.4 is 0 Å². The molecule has 2 nitrogen and oxygen atoms in total. The molecule has 1 aromatic carbocycles. The van der Waals surface area contributed by atoms with E-state index < -0.39 is 0 Å². The number of hydrogen-bond donors (Lipinski definition) is 1. The molecule has 0 spiro atoms. The van der Waals surface area contributed by atoms with E-state index in [9.17, 15) is 5.11 Å². The highest BCUT2D eigenvalue weighted by Gasteiger charge is 2.50. The van der Waals surface area contributed by atoms with Gasteiger partial charge in [0.15, 0.2) is 0 Å². The minimum Gasteiger partial charge on any atom is -0.508 e. The van der Waals surface area contributed by atoms with Crippen LogP contribution in [0, 0.1) is 11.8 Å². The average Bonchev–Trinajstić information content (AvgIpc) is 3.27. The zero-order valence-corrected chi connectivity index (χ0v) is 13.3. The number of aromatic hydroxyl groups is 1. The highest BCUT2D eigenvalue weighted by Crippen LogP contribution is 2.51. The molecule has 3 atom stereocenters. The second kappa shape index (κ2) is 4.74. The first-order valence-corrected chi connectivity index (χ1v) is 8.68. The van der Waals surface area contributed by atoms with Gasteiger partial charge < -0.3 is 5.11 Å². The van der Waals surface area contributed by atoms with Gasteiger partial charge in [0.2, 0.25) is 0 Å². The molecule has 21 heavy (non-hydrogen) atoms. The van der Waals surface area contributed by atoms with Crippen LogP contribution in [0.3, 0.4) is 0 Å². The first-order valence-electron chi connectivity index (χ1n) is 8.68. The van der Waals surface area contributed by atoms with Crippen LogP contribution >= 0.6 is 0 Å². The van der Waals surface area contributed by atoms with Gasteiger partial charge in [0.05, 0.1) is 0 Å². The standard InChI is InChI=1S/C19H27NO/c1-3-16-18-10-14-6-7-15(21)11-17(14)19(16,2)8-9-20(18)12-13-4-5-13/h6-7,11,13,16,18,21H,3-5,8-10,12H2,1-2H3/t16-,18+,19-/m0/s1. The zero-order chi connectivity index (χ0) is 14.6. The summed E-state index contributed by atoms with van der Waals surface area (Å²) in [6, 6.07) is 6.80. The Morgan fingerprint density at radius 1 is 1.33 bits per heavy atom. The lowest BCUT2D eigenvalue weighted by molar-refractivity contribution is 0.0169. The van der Waals surface area contributed by atoms with Gasteiger partial charge in [-0.25, -0.2) is 0 Å². The summed E-state index contributed by atoms with van der Waals surface area (Å²) in [6.07, 6.45) is 6.56. The van der Waals surface area contributed by atoms with E-state index in [4.69, 9.17) is 0 Å². The third-order valence-corrected chi connectivity index (χ3v) is 6.44. The molecule has 1 heterocycles. The smallest absolute Gasteiger partial charge is 0.115 e. The summed E-state index contributed by atoms with van der Waals surface area (Å²) in [5.41, 5.74) is 3.16.